The van der Waals surface area contributed by atoms with Gasteiger partial charge in [-0.05, 0) is 50.3 Å². The van der Waals surface area contributed by atoms with Gasteiger partial charge in [0.1, 0.15) is 0 Å². The molecule has 2 unspecified atom stereocenters. The van der Waals surface area contributed by atoms with Gasteiger partial charge in [-0.2, -0.15) is 13.2 Å². The van der Waals surface area contributed by atoms with Gasteiger partial charge in [0.25, 0.3) is 5.91 Å². The van der Waals surface area contributed by atoms with Gasteiger partial charge in [-0.1, -0.05) is 25.5 Å². The second-order valence-corrected chi connectivity index (χ2v) is 7.39. The van der Waals surface area contributed by atoms with Gasteiger partial charge in [0.2, 0.25) is 0 Å². The van der Waals surface area contributed by atoms with E-state index in [0.717, 1.165) is 32.6 Å². The van der Waals surface area contributed by atoms with E-state index in [1.54, 1.807) is 0 Å². The number of amides is 1. The van der Waals surface area contributed by atoms with Crippen LogP contribution in [-0.2, 0) is 9.53 Å². The van der Waals surface area contributed by atoms with Crippen molar-refractivity contribution >= 4 is 11.9 Å². The molecule has 156 valence electrons. The quantitative estimate of drug-likeness (QED) is 0.544. The second-order valence-electron chi connectivity index (χ2n) is 7.39. The maximum Gasteiger partial charge on any atom is 0.395 e. The lowest BCUT2D eigenvalue weighted by atomic mass is 9.98. The van der Waals surface area contributed by atoms with Crippen molar-refractivity contribution in [1.82, 2.24) is 4.90 Å². The van der Waals surface area contributed by atoms with Crippen LogP contribution in [0.1, 0.15) is 74.2 Å². The van der Waals surface area contributed by atoms with Gasteiger partial charge in [0.15, 0.2) is 0 Å². The highest BCUT2D eigenvalue weighted by Gasteiger charge is 2.39. The number of hydrogen-bond acceptors (Lipinski definition) is 3. The molecule has 0 saturated heterocycles. The molecule has 1 aliphatic rings. The molecule has 1 aliphatic carbocycles. The van der Waals surface area contributed by atoms with Crippen molar-refractivity contribution in [1.29, 1.82) is 0 Å². The predicted molar refractivity (Wildman–Crippen MR) is 100 cm³/mol. The van der Waals surface area contributed by atoms with Crippen LogP contribution in [-0.4, -0.2) is 42.1 Å². The Morgan fingerprint density at radius 3 is 2.25 bits per heavy atom. The van der Waals surface area contributed by atoms with E-state index in [9.17, 15) is 22.8 Å². The Kier molecular flexibility index (Phi) is 7.49. The fourth-order valence-corrected chi connectivity index (χ4v) is 3.38. The Balaban J connectivity index is 2.18. The van der Waals surface area contributed by atoms with Crippen LogP contribution in [0, 0.1) is 0 Å². The van der Waals surface area contributed by atoms with Crippen LogP contribution in [0.5, 0.6) is 0 Å². The lowest BCUT2D eigenvalue weighted by Crippen LogP contribution is -2.42. The highest BCUT2D eigenvalue weighted by molar-refractivity contribution is 5.95. The van der Waals surface area contributed by atoms with E-state index in [0.29, 0.717) is 12.0 Å². The Hall–Kier alpha value is -2.05. The van der Waals surface area contributed by atoms with Crippen LogP contribution in [0.4, 0.5) is 13.2 Å². The van der Waals surface area contributed by atoms with Gasteiger partial charge in [0, 0.05) is 24.1 Å². The molecular formula is C21H28F3NO3. The van der Waals surface area contributed by atoms with Crippen LogP contribution in [0.25, 0.3) is 0 Å². The Morgan fingerprint density at radius 2 is 1.79 bits per heavy atom. The first kappa shape index (κ1) is 22.2. The number of carbonyl (C=O) groups excluding carboxylic acids is 2. The first-order chi connectivity index (χ1) is 13.2. The molecule has 0 heterocycles. The molecule has 0 bridgehead atoms. The number of halogens is 3. The standard InChI is InChI=1S/C21H28F3NO3/c1-4-5-17(12-13-19(26)28-3)25(18-10-11-18)20(27)16-8-6-15(7-9-16)14(2)21(22,23)24/h6-9,14,17-18H,4-5,10-13H2,1-3H3. The summed E-state index contributed by atoms with van der Waals surface area (Å²) in [4.78, 5) is 26.5. The lowest BCUT2D eigenvalue weighted by Gasteiger charge is -2.32. The molecule has 7 heteroatoms. The first-order valence-corrected chi connectivity index (χ1v) is 9.75. The lowest BCUT2D eigenvalue weighted by molar-refractivity contribution is -0.146. The smallest absolute Gasteiger partial charge is 0.395 e. The second kappa shape index (κ2) is 9.43. The van der Waals surface area contributed by atoms with E-state index in [1.165, 1.54) is 31.4 Å². The van der Waals surface area contributed by atoms with Crippen molar-refractivity contribution in [2.75, 3.05) is 7.11 Å². The minimum atomic E-state index is -4.31. The molecule has 1 aromatic carbocycles. The molecule has 1 fully saturated rings. The van der Waals surface area contributed by atoms with E-state index in [-0.39, 0.29) is 35.9 Å². The maximum atomic E-state index is 13.1. The topological polar surface area (TPSA) is 46.6 Å². The zero-order valence-corrected chi connectivity index (χ0v) is 16.6. The number of benzene rings is 1. The molecule has 28 heavy (non-hydrogen) atoms. The van der Waals surface area contributed by atoms with Gasteiger partial charge < -0.3 is 9.64 Å². The molecule has 1 aromatic rings. The average Bonchev–Trinajstić information content (AvgIpc) is 3.49. The number of alkyl halides is 3. The average molecular weight is 399 g/mol. The summed E-state index contributed by atoms with van der Waals surface area (Å²) in [5, 5.41) is 0. The van der Waals surface area contributed by atoms with E-state index in [4.69, 9.17) is 4.74 Å². The van der Waals surface area contributed by atoms with Crippen LogP contribution < -0.4 is 0 Å². The first-order valence-electron chi connectivity index (χ1n) is 9.75. The summed E-state index contributed by atoms with van der Waals surface area (Å²) in [5.41, 5.74) is 0.516. The van der Waals surface area contributed by atoms with Gasteiger partial charge in [-0.3, -0.25) is 9.59 Å². The normalized spacial score (nSPS) is 16.4. The van der Waals surface area contributed by atoms with Gasteiger partial charge in [-0.15, -0.1) is 0 Å². The number of esters is 1. The largest absolute Gasteiger partial charge is 0.469 e. The molecule has 2 atom stereocenters. The fourth-order valence-electron chi connectivity index (χ4n) is 3.38. The third-order valence-electron chi connectivity index (χ3n) is 5.25. The molecule has 1 saturated carbocycles. The summed E-state index contributed by atoms with van der Waals surface area (Å²) < 4.78 is 43.4. The van der Waals surface area contributed by atoms with Crippen LogP contribution in [0.2, 0.25) is 0 Å². The van der Waals surface area contributed by atoms with Crippen molar-refractivity contribution in [3.05, 3.63) is 35.4 Å². The minimum absolute atomic E-state index is 0.0853. The number of hydrogen-bond donors (Lipinski definition) is 0. The van der Waals surface area contributed by atoms with Crippen molar-refractivity contribution in [2.24, 2.45) is 0 Å². The van der Waals surface area contributed by atoms with E-state index < -0.39 is 12.1 Å². The third-order valence-corrected chi connectivity index (χ3v) is 5.25. The van der Waals surface area contributed by atoms with Crippen molar-refractivity contribution in [2.45, 2.75) is 76.6 Å². The number of ether oxygens (including phenoxy) is 1. The van der Waals surface area contributed by atoms with Gasteiger partial charge in [0.05, 0.1) is 13.0 Å². The molecule has 0 radical (unpaired) electrons. The van der Waals surface area contributed by atoms with Gasteiger partial charge in [-0.25, -0.2) is 0 Å². The molecule has 0 N–H and O–H groups in total. The van der Waals surface area contributed by atoms with E-state index >= 15 is 0 Å². The number of rotatable bonds is 9. The highest BCUT2D eigenvalue weighted by atomic mass is 19.4. The Morgan fingerprint density at radius 1 is 1.18 bits per heavy atom. The zero-order valence-electron chi connectivity index (χ0n) is 16.6. The highest BCUT2D eigenvalue weighted by Crippen LogP contribution is 2.35. The van der Waals surface area contributed by atoms with Crippen LogP contribution >= 0.6 is 0 Å². The predicted octanol–water partition coefficient (Wildman–Crippen LogP) is 5.08. The van der Waals surface area contributed by atoms with Crippen molar-refractivity contribution < 1.29 is 27.5 Å². The maximum absolute atomic E-state index is 13.1. The van der Waals surface area contributed by atoms with Crippen LogP contribution in [0.3, 0.4) is 0 Å². The van der Waals surface area contributed by atoms with Crippen molar-refractivity contribution in [3.63, 3.8) is 0 Å². The molecule has 4 nitrogen and oxygen atoms in total. The summed E-state index contributed by atoms with van der Waals surface area (Å²) in [6.07, 6.45) is -0.106. The Labute approximate surface area is 164 Å². The fraction of sp³-hybridized carbons (Fsp3) is 0.619. The third kappa shape index (κ3) is 5.72. The Bertz CT molecular complexity index is 668. The monoisotopic (exact) mass is 399 g/mol. The number of nitrogens with zero attached hydrogens (tertiary/aromatic N) is 1. The molecule has 0 spiro atoms. The molecule has 1 amide bonds. The molecule has 0 aliphatic heterocycles. The van der Waals surface area contributed by atoms with E-state index in [1.807, 2.05) is 11.8 Å². The van der Waals surface area contributed by atoms with Gasteiger partial charge >= 0.3 is 12.1 Å². The summed E-state index contributed by atoms with van der Waals surface area (Å²) in [7, 11) is 1.34. The SMILES string of the molecule is CCCC(CCC(=O)OC)N(C(=O)c1ccc(C(C)C(F)(F)F)cc1)C1CC1. The van der Waals surface area contributed by atoms with Crippen LogP contribution in [0.15, 0.2) is 24.3 Å². The summed E-state index contributed by atoms with van der Waals surface area (Å²) >= 11 is 0. The number of carbonyl (C=O) groups is 2. The molecular weight excluding hydrogens is 371 g/mol. The molecule has 2 rings (SSSR count). The summed E-state index contributed by atoms with van der Waals surface area (Å²) in [6.45, 7) is 3.13. The zero-order chi connectivity index (χ0) is 20.9. The van der Waals surface area contributed by atoms with Crippen molar-refractivity contribution in [3.8, 4) is 0 Å². The molecule has 0 aromatic heterocycles. The summed E-state index contributed by atoms with van der Waals surface area (Å²) in [5.74, 6) is -2.07. The summed E-state index contributed by atoms with van der Waals surface area (Å²) in [6, 6.07) is 5.74. The number of methoxy groups -OCH3 is 1. The minimum Gasteiger partial charge on any atom is -0.469 e. The van der Waals surface area contributed by atoms with E-state index in [2.05, 4.69) is 0 Å².